The summed E-state index contributed by atoms with van der Waals surface area (Å²) >= 11 is 8.48. The molecular weight excluding hydrogens is 321 g/mol. The molecule has 2 aromatic rings. The van der Waals surface area contributed by atoms with Gasteiger partial charge in [-0.3, -0.25) is 10.1 Å². The Balaban J connectivity index is 2.05. The van der Waals surface area contributed by atoms with Crippen LogP contribution in [0.5, 0.6) is 0 Å². The van der Waals surface area contributed by atoms with Crippen molar-refractivity contribution in [2.45, 2.75) is 17.7 Å². The first kappa shape index (κ1) is 15.2. The molecule has 0 radical (unpaired) electrons. The molecule has 1 amide bonds. The molecule has 0 unspecified atom stereocenters. The molecule has 0 spiro atoms. The molecule has 4 nitrogen and oxygen atoms in total. The van der Waals surface area contributed by atoms with Crippen molar-refractivity contribution >= 4 is 45.7 Å². The number of halogens is 2. The second-order valence-corrected chi connectivity index (χ2v) is 6.56. The van der Waals surface area contributed by atoms with Gasteiger partial charge < -0.3 is 0 Å². The lowest BCUT2D eigenvalue weighted by atomic mass is 10.2. The van der Waals surface area contributed by atoms with Crippen LogP contribution in [0.4, 0.5) is 9.52 Å². The Morgan fingerprint density at radius 1 is 1.50 bits per heavy atom. The summed E-state index contributed by atoms with van der Waals surface area (Å²) in [7, 11) is 0. The van der Waals surface area contributed by atoms with Crippen LogP contribution < -0.4 is 5.32 Å². The summed E-state index contributed by atoms with van der Waals surface area (Å²) in [5.74, 6) is -0.295. The maximum Gasteiger partial charge on any atom is 0.260 e. The number of rotatable bonds is 5. The summed E-state index contributed by atoms with van der Waals surface area (Å²) in [6.45, 7) is 2.07. The maximum absolute atomic E-state index is 13.6. The molecule has 0 aliphatic carbocycles. The minimum atomic E-state index is -0.667. The van der Waals surface area contributed by atoms with Gasteiger partial charge in [-0.25, -0.2) is 4.39 Å². The van der Waals surface area contributed by atoms with Crippen LogP contribution in [0.15, 0.2) is 22.5 Å². The highest BCUT2D eigenvalue weighted by molar-refractivity contribution is 8.01. The summed E-state index contributed by atoms with van der Waals surface area (Å²) in [6, 6.07) is 3.89. The summed E-state index contributed by atoms with van der Waals surface area (Å²) in [5, 5.41) is 10.9. The van der Waals surface area contributed by atoms with E-state index in [0.717, 1.165) is 22.6 Å². The Morgan fingerprint density at radius 3 is 3.00 bits per heavy atom. The van der Waals surface area contributed by atoms with E-state index in [9.17, 15) is 9.18 Å². The molecular formula is C12H11ClFN3OS2. The van der Waals surface area contributed by atoms with E-state index in [4.69, 9.17) is 11.6 Å². The van der Waals surface area contributed by atoms with Gasteiger partial charge in [-0.1, -0.05) is 41.6 Å². The molecule has 2 rings (SSSR count). The molecule has 0 atom stereocenters. The normalized spacial score (nSPS) is 10.6. The first-order chi connectivity index (χ1) is 9.60. The number of carbonyl (C=O) groups is 1. The van der Waals surface area contributed by atoms with Crippen molar-refractivity contribution in [2.24, 2.45) is 0 Å². The predicted octanol–water partition coefficient (Wildman–Crippen LogP) is 4.09. The topological polar surface area (TPSA) is 54.9 Å². The fourth-order valence-corrected chi connectivity index (χ4v) is 3.18. The van der Waals surface area contributed by atoms with E-state index in [1.54, 1.807) is 11.8 Å². The van der Waals surface area contributed by atoms with Crippen LogP contribution in [0.25, 0.3) is 0 Å². The van der Waals surface area contributed by atoms with Gasteiger partial charge in [0.25, 0.3) is 5.91 Å². The van der Waals surface area contributed by atoms with Crippen LogP contribution in [0.2, 0.25) is 5.02 Å². The van der Waals surface area contributed by atoms with Gasteiger partial charge in [-0.2, -0.15) is 0 Å². The summed E-state index contributed by atoms with van der Waals surface area (Å²) < 4.78 is 14.4. The Kier molecular flexibility index (Phi) is 5.33. The van der Waals surface area contributed by atoms with Crippen LogP contribution in [0.1, 0.15) is 23.7 Å². The third-order valence-corrected chi connectivity index (χ3v) is 4.65. The highest BCUT2D eigenvalue weighted by Gasteiger charge is 2.14. The Bertz CT molecular complexity index is 620. The zero-order chi connectivity index (χ0) is 14.5. The third kappa shape index (κ3) is 3.91. The maximum atomic E-state index is 13.6. The smallest absolute Gasteiger partial charge is 0.260 e. The summed E-state index contributed by atoms with van der Waals surface area (Å²) in [4.78, 5) is 11.9. The monoisotopic (exact) mass is 331 g/mol. The second kappa shape index (κ2) is 7.01. The fraction of sp³-hybridized carbons (Fsp3) is 0.250. The van der Waals surface area contributed by atoms with Crippen molar-refractivity contribution in [2.75, 3.05) is 11.1 Å². The first-order valence-corrected chi connectivity index (χ1v) is 8.01. The van der Waals surface area contributed by atoms with E-state index in [-0.39, 0.29) is 10.6 Å². The van der Waals surface area contributed by atoms with Crippen LogP contribution >= 0.6 is 34.7 Å². The molecule has 0 bridgehead atoms. The Morgan fingerprint density at radius 2 is 2.30 bits per heavy atom. The number of nitrogens with zero attached hydrogens (tertiary/aromatic N) is 2. The number of aromatic nitrogens is 2. The van der Waals surface area contributed by atoms with Gasteiger partial charge in [0.15, 0.2) is 4.34 Å². The molecule has 0 aliphatic rings. The number of carbonyl (C=O) groups excluding carboxylic acids is 1. The first-order valence-electron chi connectivity index (χ1n) is 5.83. The van der Waals surface area contributed by atoms with Gasteiger partial charge in [0.2, 0.25) is 5.13 Å². The molecule has 0 saturated heterocycles. The number of thioether (sulfide) groups is 1. The number of amides is 1. The molecule has 0 fully saturated rings. The summed E-state index contributed by atoms with van der Waals surface area (Å²) in [5.41, 5.74) is -0.0765. The lowest BCUT2D eigenvalue weighted by Gasteiger charge is -2.02. The van der Waals surface area contributed by atoms with Crippen molar-refractivity contribution in [3.8, 4) is 0 Å². The predicted molar refractivity (Wildman–Crippen MR) is 80.3 cm³/mol. The van der Waals surface area contributed by atoms with E-state index in [1.165, 1.54) is 23.5 Å². The van der Waals surface area contributed by atoms with Crippen molar-refractivity contribution in [3.05, 3.63) is 34.6 Å². The van der Waals surface area contributed by atoms with Crippen LogP contribution in [0.3, 0.4) is 0 Å². The van der Waals surface area contributed by atoms with Crippen molar-refractivity contribution in [3.63, 3.8) is 0 Å². The zero-order valence-corrected chi connectivity index (χ0v) is 12.9. The number of nitrogens with one attached hydrogen (secondary N) is 1. The van der Waals surface area contributed by atoms with E-state index in [1.807, 2.05) is 0 Å². The van der Waals surface area contributed by atoms with Crippen LogP contribution in [-0.2, 0) is 0 Å². The minimum absolute atomic E-state index is 0.0765. The number of hydrogen-bond donors (Lipinski definition) is 1. The average Bonchev–Trinajstić information content (AvgIpc) is 2.83. The molecule has 1 aromatic carbocycles. The van der Waals surface area contributed by atoms with Crippen LogP contribution in [-0.4, -0.2) is 21.9 Å². The molecule has 106 valence electrons. The lowest BCUT2D eigenvalue weighted by molar-refractivity contribution is 0.102. The largest absolute Gasteiger partial charge is 0.296 e. The number of anilines is 1. The Hall–Kier alpha value is -1.18. The van der Waals surface area contributed by atoms with Crippen molar-refractivity contribution < 1.29 is 9.18 Å². The minimum Gasteiger partial charge on any atom is -0.296 e. The molecule has 0 saturated carbocycles. The van der Waals surface area contributed by atoms with Gasteiger partial charge in [0.1, 0.15) is 5.82 Å². The van der Waals surface area contributed by atoms with E-state index >= 15 is 0 Å². The highest BCUT2D eigenvalue weighted by atomic mass is 35.5. The van der Waals surface area contributed by atoms with Gasteiger partial charge in [0, 0.05) is 10.8 Å². The summed E-state index contributed by atoms with van der Waals surface area (Å²) in [6.07, 6.45) is 1.03. The zero-order valence-electron chi connectivity index (χ0n) is 10.5. The molecule has 8 heteroatoms. The second-order valence-electron chi connectivity index (χ2n) is 3.80. The average molecular weight is 332 g/mol. The van der Waals surface area contributed by atoms with Gasteiger partial charge >= 0.3 is 0 Å². The number of hydrogen-bond acceptors (Lipinski definition) is 5. The molecule has 1 heterocycles. The molecule has 1 N–H and O–H groups in total. The SMILES string of the molecule is CCCSc1nnc(NC(=O)c2ccc(Cl)cc2F)s1. The van der Waals surface area contributed by atoms with E-state index < -0.39 is 11.7 Å². The van der Waals surface area contributed by atoms with E-state index in [2.05, 4.69) is 22.4 Å². The molecule has 1 aromatic heterocycles. The third-order valence-electron chi connectivity index (χ3n) is 2.23. The van der Waals surface area contributed by atoms with Gasteiger partial charge in [0.05, 0.1) is 5.56 Å². The van der Waals surface area contributed by atoms with Crippen LogP contribution in [0, 0.1) is 5.82 Å². The van der Waals surface area contributed by atoms with Crippen molar-refractivity contribution in [1.82, 2.24) is 10.2 Å². The molecule has 0 aliphatic heterocycles. The standard InChI is InChI=1S/C12H11ClFN3OS2/c1-2-5-19-12-17-16-11(20-12)15-10(18)8-4-3-7(13)6-9(8)14/h3-4,6H,2,5H2,1H3,(H,15,16,18). The fourth-order valence-electron chi connectivity index (χ4n) is 1.35. The van der Waals surface area contributed by atoms with Gasteiger partial charge in [-0.05, 0) is 24.6 Å². The van der Waals surface area contributed by atoms with E-state index in [0.29, 0.717) is 5.13 Å². The van der Waals surface area contributed by atoms with Crippen molar-refractivity contribution in [1.29, 1.82) is 0 Å². The van der Waals surface area contributed by atoms with Gasteiger partial charge in [-0.15, -0.1) is 10.2 Å². The lowest BCUT2D eigenvalue weighted by Crippen LogP contribution is -2.13. The highest BCUT2D eigenvalue weighted by Crippen LogP contribution is 2.26. The quantitative estimate of drug-likeness (QED) is 0.662. The molecule has 20 heavy (non-hydrogen) atoms. The Labute approximate surface area is 128 Å². The number of benzene rings is 1.